The summed E-state index contributed by atoms with van der Waals surface area (Å²) in [5.41, 5.74) is 5.27. The number of hydrogen-bond donors (Lipinski definition) is 2. The summed E-state index contributed by atoms with van der Waals surface area (Å²) < 4.78 is 19.1. The number of methoxy groups -OCH3 is 1. The Bertz CT molecular complexity index is 930. The molecular weight excluding hydrogens is 387 g/mol. The zero-order chi connectivity index (χ0) is 20.6. The lowest BCUT2D eigenvalue weighted by molar-refractivity contribution is 0.185. The van der Waals surface area contributed by atoms with Crippen molar-refractivity contribution in [1.29, 1.82) is 0 Å². The van der Waals surface area contributed by atoms with Gasteiger partial charge in [-0.05, 0) is 48.7 Å². The Balaban J connectivity index is 1.70. The van der Waals surface area contributed by atoms with E-state index in [0.29, 0.717) is 13.2 Å². The standard InChI is InChI=1S/C24H26ClFN2O/c1-17-7-9-18(10-8-17)13-20(16-29-2)28-24-6-4-3-5-23(24)27-15-19-11-12-21(25)22(26)14-19/h3-12,14,20,27-28H,13,15-16H2,1-2H3. The van der Waals surface area contributed by atoms with Crippen molar-refractivity contribution in [2.45, 2.75) is 25.9 Å². The van der Waals surface area contributed by atoms with Gasteiger partial charge in [-0.25, -0.2) is 4.39 Å². The molecule has 1 unspecified atom stereocenters. The molecule has 3 aromatic carbocycles. The first-order valence-corrected chi connectivity index (χ1v) is 10.0. The number of rotatable bonds is 9. The number of anilines is 2. The summed E-state index contributed by atoms with van der Waals surface area (Å²) in [5.74, 6) is -0.407. The highest BCUT2D eigenvalue weighted by Gasteiger charge is 2.12. The largest absolute Gasteiger partial charge is 0.383 e. The van der Waals surface area contributed by atoms with Crippen LogP contribution in [0.2, 0.25) is 5.02 Å². The van der Waals surface area contributed by atoms with Gasteiger partial charge in [0.05, 0.1) is 29.0 Å². The molecule has 3 aromatic rings. The monoisotopic (exact) mass is 412 g/mol. The quantitative estimate of drug-likeness (QED) is 0.447. The molecule has 5 heteroatoms. The zero-order valence-electron chi connectivity index (χ0n) is 16.7. The molecule has 1 atom stereocenters. The summed E-state index contributed by atoms with van der Waals surface area (Å²) in [7, 11) is 1.71. The molecule has 0 radical (unpaired) electrons. The van der Waals surface area contributed by atoms with E-state index in [0.717, 1.165) is 23.4 Å². The smallest absolute Gasteiger partial charge is 0.142 e. The first-order valence-electron chi connectivity index (χ1n) is 9.63. The molecule has 3 nitrogen and oxygen atoms in total. The Morgan fingerprint density at radius 3 is 2.34 bits per heavy atom. The van der Waals surface area contributed by atoms with E-state index in [-0.39, 0.29) is 11.1 Å². The number of para-hydroxylation sites is 2. The van der Waals surface area contributed by atoms with E-state index < -0.39 is 5.82 Å². The van der Waals surface area contributed by atoms with Gasteiger partial charge >= 0.3 is 0 Å². The summed E-state index contributed by atoms with van der Waals surface area (Å²) in [6.07, 6.45) is 0.852. The fourth-order valence-corrected chi connectivity index (χ4v) is 3.31. The predicted molar refractivity (Wildman–Crippen MR) is 119 cm³/mol. The minimum Gasteiger partial charge on any atom is -0.383 e. The Hall–Kier alpha value is -2.56. The predicted octanol–water partition coefficient (Wildman–Crippen LogP) is 6.07. The molecule has 2 N–H and O–H groups in total. The minimum atomic E-state index is -0.407. The van der Waals surface area contributed by atoms with Crippen LogP contribution in [0.5, 0.6) is 0 Å². The Morgan fingerprint density at radius 1 is 0.966 bits per heavy atom. The third-order valence-corrected chi connectivity index (χ3v) is 5.03. The molecule has 0 bridgehead atoms. The third-order valence-electron chi connectivity index (χ3n) is 4.72. The highest BCUT2D eigenvalue weighted by molar-refractivity contribution is 6.30. The topological polar surface area (TPSA) is 33.3 Å². The van der Waals surface area contributed by atoms with Crippen LogP contribution >= 0.6 is 11.6 Å². The molecule has 0 spiro atoms. The average Bonchev–Trinajstić information content (AvgIpc) is 2.72. The summed E-state index contributed by atoms with van der Waals surface area (Å²) in [6.45, 7) is 3.17. The first kappa shape index (κ1) is 21.2. The van der Waals surface area contributed by atoms with Gasteiger partial charge in [-0.2, -0.15) is 0 Å². The van der Waals surface area contributed by atoms with E-state index in [1.165, 1.54) is 17.2 Å². The molecule has 0 heterocycles. The molecule has 152 valence electrons. The fourth-order valence-electron chi connectivity index (χ4n) is 3.19. The van der Waals surface area contributed by atoms with Gasteiger partial charge in [-0.15, -0.1) is 0 Å². The van der Waals surface area contributed by atoms with Crippen molar-refractivity contribution in [3.63, 3.8) is 0 Å². The van der Waals surface area contributed by atoms with Crippen LogP contribution in [0.15, 0.2) is 66.7 Å². The summed E-state index contributed by atoms with van der Waals surface area (Å²) in [5, 5.41) is 7.10. The molecule has 0 amide bonds. The van der Waals surface area contributed by atoms with Gasteiger partial charge in [0, 0.05) is 13.7 Å². The van der Waals surface area contributed by atoms with Gasteiger partial charge in [0.2, 0.25) is 0 Å². The van der Waals surface area contributed by atoms with Crippen LogP contribution in [-0.4, -0.2) is 19.8 Å². The Morgan fingerprint density at radius 2 is 1.66 bits per heavy atom. The van der Waals surface area contributed by atoms with E-state index in [9.17, 15) is 4.39 Å². The number of hydrogen-bond acceptors (Lipinski definition) is 3. The molecule has 0 saturated carbocycles. The van der Waals surface area contributed by atoms with Crippen LogP contribution in [0.3, 0.4) is 0 Å². The molecule has 3 rings (SSSR count). The summed E-state index contributed by atoms with van der Waals surface area (Å²) in [4.78, 5) is 0. The lowest BCUT2D eigenvalue weighted by atomic mass is 10.0. The van der Waals surface area contributed by atoms with Gasteiger partial charge in [-0.3, -0.25) is 0 Å². The van der Waals surface area contributed by atoms with Crippen LogP contribution in [-0.2, 0) is 17.7 Å². The van der Waals surface area contributed by atoms with Gasteiger partial charge < -0.3 is 15.4 Å². The van der Waals surface area contributed by atoms with Crippen molar-refractivity contribution in [1.82, 2.24) is 0 Å². The van der Waals surface area contributed by atoms with Crippen molar-refractivity contribution in [3.8, 4) is 0 Å². The van der Waals surface area contributed by atoms with Crippen LogP contribution in [0.1, 0.15) is 16.7 Å². The van der Waals surface area contributed by atoms with Crippen LogP contribution in [0, 0.1) is 12.7 Å². The molecule has 0 aromatic heterocycles. The zero-order valence-corrected chi connectivity index (χ0v) is 17.5. The van der Waals surface area contributed by atoms with E-state index in [4.69, 9.17) is 16.3 Å². The van der Waals surface area contributed by atoms with Crippen LogP contribution < -0.4 is 10.6 Å². The maximum atomic E-state index is 13.7. The number of halogens is 2. The van der Waals surface area contributed by atoms with Crippen molar-refractivity contribution >= 4 is 23.0 Å². The molecule has 0 fully saturated rings. The number of benzene rings is 3. The lowest BCUT2D eigenvalue weighted by Crippen LogP contribution is -2.28. The third kappa shape index (κ3) is 6.21. The average molecular weight is 413 g/mol. The van der Waals surface area contributed by atoms with E-state index in [2.05, 4.69) is 41.8 Å². The minimum absolute atomic E-state index is 0.124. The number of ether oxygens (including phenoxy) is 1. The fraction of sp³-hybridized carbons (Fsp3) is 0.250. The second kappa shape index (κ2) is 10.3. The van der Waals surface area contributed by atoms with Crippen molar-refractivity contribution in [2.75, 3.05) is 24.4 Å². The lowest BCUT2D eigenvalue weighted by Gasteiger charge is -2.22. The number of nitrogens with one attached hydrogen (secondary N) is 2. The molecule has 0 aliphatic carbocycles. The molecular formula is C24H26ClFN2O. The molecule has 0 aliphatic rings. The van der Waals surface area contributed by atoms with Gasteiger partial charge in [0.15, 0.2) is 0 Å². The van der Waals surface area contributed by atoms with E-state index >= 15 is 0 Å². The highest BCUT2D eigenvalue weighted by atomic mass is 35.5. The van der Waals surface area contributed by atoms with Crippen molar-refractivity contribution in [2.24, 2.45) is 0 Å². The molecule has 0 aliphatic heterocycles. The van der Waals surface area contributed by atoms with Gasteiger partial charge in [0.25, 0.3) is 0 Å². The van der Waals surface area contributed by atoms with Crippen molar-refractivity contribution in [3.05, 3.63) is 94.3 Å². The molecule has 29 heavy (non-hydrogen) atoms. The Labute approximate surface area is 176 Å². The van der Waals surface area contributed by atoms with Gasteiger partial charge in [-0.1, -0.05) is 59.6 Å². The normalized spacial score (nSPS) is 11.9. The summed E-state index contributed by atoms with van der Waals surface area (Å²) >= 11 is 5.77. The maximum Gasteiger partial charge on any atom is 0.142 e. The maximum absolute atomic E-state index is 13.7. The molecule has 0 saturated heterocycles. The van der Waals surface area contributed by atoms with Gasteiger partial charge in [0.1, 0.15) is 5.82 Å². The SMILES string of the molecule is COCC(Cc1ccc(C)cc1)Nc1ccccc1NCc1ccc(Cl)c(F)c1. The van der Waals surface area contributed by atoms with E-state index in [1.807, 2.05) is 30.3 Å². The second-order valence-corrected chi connectivity index (χ2v) is 7.54. The highest BCUT2D eigenvalue weighted by Crippen LogP contribution is 2.24. The van der Waals surface area contributed by atoms with Crippen LogP contribution in [0.4, 0.5) is 15.8 Å². The Kier molecular flexibility index (Phi) is 7.50. The summed E-state index contributed by atoms with van der Waals surface area (Å²) in [6, 6.07) is 21.5. The van der Waals surface area contributed by atoms with Crippen LogP contribution in [0.25, 0.3) is 0 Å². The number of aryl methyl sites for hydroxylation is 1. The van der Waals surface area contributed by atoms with Crippen molar-refractivity contribution < 1.29 is 9.13 Å². The van der Waals surface area contributed by atoms with E-state index in [1.54, 1.807) is 13.2 Å². The second-order valence-electron chi connectivity index (χ2n) is 7.13. The first-order chi connectivity index (χ1) is 14.0.